The number of rotatable bonds is 7. The molecule has 0 bridgehead atoms. The van der Waals surface area contributed by atoms with E-state index in [2.05, 4.69) is 0 Å². The van der Waals surface area contributed by atoms with Gasteiger partial charge in [0.05, 0.1) is 6.04 Å². The van der Waals surface area contributed by atoms with Crippen LogP contribution in [0.5, 0.6) is 0 Å². The Balaban J connectivity index is 2.58. The minimum Gasteiger partial charge on any atom is -0.339 e. The molecule has 1 aromatic carbocycles. The summed E-state index contributed by atoms with van der Waals surface area (Å²) in [6, 6.07) is 7.91. The molecule has 118 valence electrons. The minimum atomic E-state index is 0.0310. The lowest BCUT2D eigenvalue weighted by molar-refractivity contribution is -0.135. The average Bonchev–Trinajstić information content (AvgIpc) is 2.45. The minimum absolute atomic E-state index is 0.0310. The summed E-state index contributed by atoms with van der Waals surface area (Å²) in [6.07, 6.45) is 2.85. The van der Waals surface area contributed by atoms with Gasteiger partial charge in [-0.2, -0.15) is 0 Å². The molecule has 0 heterocycles. The summed E-state index contributed by atoms with van der Waals surface area (Å²) >= 11 is 5.90. The number of carbonyl (C=O) groups is 1. The van der Waals surface area contributed by atoms with Crippen LogP contribution in [0.15, 0.2) is 24.3 Å². The van der Waals surface area contributed by atoms with Crippen molar-refractivity contribution in [1.29, 1.82) is 0 Å². The van der Waals surface area contributed by atoms with Crippen LogP contribution in [0.25, 0.3) is 0 Å². The fraction of sp³-hybridized carbons (Fsp3) is 0.588. The molecule has 21 heavy (non-hydrogen) atoms. The van der Waals surface area contributed by atoms with E-state index in [4.69, 9.17) is 17.3 Å². The van der Waals surface area contributed by atoms with Crippen LogP contribution in [-0.2, 0) is 4.79 Å². The van der Waals surface area contributed by atoms with Crippen molar-refractivity contribution in [3.8, 4) is 0 Å². The number of nitrogens with zero attached hydrogens (tertiary/aromatic N) is 1. The maximum absolute atomic E-state index is 12.5. The second kappa shape index (κ2) is 8.40. The van der Waals surface area contributed by atoms with E-state index in [1.54, 1.807) is 0 Å². The standard InChI is InChI=1S/C17H27ClN2O/c1-12(6-5-7-13(2)19)17(21)20(4)14(3)15-8-10-16(18)11-9-15/h8-14H,5-7,19H2,1-4H3. The molecular formula is C17H27ClN2O. The molecule has 1 amide bonds. The van der Waals surface area contributed by atoms with Crippen molar-refractivity contribution in [2.45, 2.75) is 52.1 Å². The highest BCUT2D eigenvalue weighted by Crippen LogP contribution is 2.23. The first-order chi connectivity index (χ1) is 9.82. The molecule has 3 unspecified atom stereocenters. The maximum atomic E-state index is 12.5. The number of amides is 1. The number of nitrogens with two attached hydrogens (primary N) is 1. The zero-order valence-electron chi connectivity index (χ0n) is 13.5. The number of hydrogen-bond acceptors (Lipinski definition) is 2. The van der Waals surface area contributed by atoms with E-state index in [0.717, 1.165) is 24.8 Å². The van der Waals surface area contributed by atoms with Crippen LogP contribution < -0.4 is 5.73 Å². The van der Waals surface area contributed by atoms with Gasteiger partial charge in [-0.3, -0.25) is 4.79 Å². The molecule has 4 heteroatoms. The van der Waals surface area contributed by atoms with Gasteiger partial charge in [0.15, 0.2) is 0 Å². The van der Waals surface area contributed by atoms with Crippen LogP contribution >= 0.6 is 11.6 Å². The zero-order chi connectivity index (χ0) is 16.0. The molecule has 0 saturated heterocycles. The summed E-state index contributed by atoms with van der Waals surface area (Å²) in [4.78, 5) is 14.3. The molecule has 0 radical (unpaired) electrons. The monoisotopic (exact) mass is 310 g/mol. The average molecular weight is 311 g/mol. The van der Waals surface area contributed by atoms with E-state index in [1.807, 2.05) is 57.0 Å². The molecular weight excluding hydrogens is 284 g/mol. The van der Waals surface area contributed by atoms with Crippen molar-refractivity contribution in [3.63, 3.8) is 0 Å². The predicted octanol–water partition coefficient (Wildman–Crippen LogP) is 4.01. The largest absolute Gasteiger partial charge is 0.339 e. The summed E-state index contributed by atoms with van der Waals surface area (Å²) in [7, 11) is 1.86. The SMILES string of the molecule is CC(N)CCCC(C)C(=O)N(C)C(C)c1ccc(Cl)cc1. The molecule has 0 aromatic heterocycles. The summed E-state index contributed by atoms with van der Waals surface area (Å²) in [5, 5.41) is 0.712. The Labute approximate surface area is 133 Å². The number of carbonyl (C=O) groups excluding carboxylic acids is 1. The number of hydrogen-bond donors (Lipinski definition) is 1. The quantitative estimate of drug-likeness (QED) is 0.827. The molecule has 1 aromatic rings. The van der Waals surface area contributed by atoms with E-state index < -0.39 is 0 Å². The highest BCUT2D eigenvalue weighted by molar-refractivity contribution is 6.30. The lowest BCUT2D eigenvalue weighted by Gasteiger charge is -2.28. The lowest BCUT2D eigenvalue weighted by atomic mass is 9.99. The van der Waals surface area contributed by atoms with Gasteiger partial charge in [-0.1, -0.05) is 37.1 Å². The third kappa shape index (κ3) is 5.68. The van der Waals surface area contributed by atoms with Crippen LogP contribution in [-0.4, -0.2) is 23.9 Å². The molecule has 0 spiro atoms. The number of benzene rings is 1. The van der Waals surface area contributed by atoms with E-state index >= 15 is 0 Å². The lowest BCUT2D eigenvalue weighted by Crippen LogP contribution is -2.34. The Morgan fingerprint density at radius 3 is 2.29 bits per heavy atom. The van der Waals surface area contributed by atoms with Gasteiger partial charge in [0.2, 0.25) is 5.91 Å². The summed E-state index contributed by atoms with van der Waals surface area (Å²) in [6.45, 7) is 6.03. The van der Waals surface area contributed by atoms with Gasteiger partial charge in [0.1, 0.15) is 0 Å². The summed E-state index contributed by atoms with van der Waals surface area (Å²) in [5.74, 6) is 0.214. The van der Waals surface area contributed by atoms with Crippen molar-refractivity contribution in [2.24, 2.45) is 11.7 Å². The van der Waals surface area contributed by atoms with Gasteiger partial charge >= 0.3 is 0 Å². The first-order valence-corrected chi connectivity index (χ1v) is 7.98. The fourth-order valence-electron chi connectivity index (χ4n) is 2.37. The Morgan fingerprint density at radius 1 is 1.19 bits per heavy atom. The van der Waals surface area contributed by atoms with Gasteiger partial charge < -0.3 is 10.6 Å². The highest BCUT2D eigenvalue weighted by Gasteiger charge is 2.22. The third-order valence-corrected chi connectivity index (χ3v) is 4.25. The molecule has 2 N–H and O–H groups in total. The molecule has 0 aliphatic carbocycles. The molecule has 0 saturated carbocycles. The van der Waals surface area contributed by atoms with E-state index in [0.29, 0.717) is 5.02 Å². The van der Waals surface area contributed by atoms with Crippen molar-refractivity contribution in [3.05, 3.63) is 34.9 Å². The van der Waals surface area contributed by atoms with Gasteiger partial charge in [0, 0.05) is 24.0 Å². The van der Waals surface area contributed by atoms with Crippen molar-refractivity contribution in [1.82, 2.24) is 4.90 Å². The molecule has 0 fully saturated rings. The van der Waals surface area contributed by atoms with Crippen LogP contribution in [0.1, 0.15) is 51.6 Å². The Morgan fingerprint density at radius 2 is 1.76 bits per heavy atom. The van der Waals surface area contributed by atoms with Crippen LogP contribution in [0, 0.1) is 5.92 Å². The topological polar surface area (TPSA) is 46.3 Å². The van der Waals surface area contributed by atoms with Crippen molar-refractivity contribution >= 4 is 17.5 Å². The van der Waals surface area contributed by atoms with E-state index in [1.165, 1.54) is 0 Å². The molecule has 3 nitrogen and oxygen atoms in total. The zero-order valence-corrected chi connectivity index (χ0v) is 14.2. The first kappa shape index (κ1) is 18.0. The van der Waals surface area contributed by atoms with Crippen LogP contribution in [0.2, 0.25) is 5.02 Å². The summed E-state index contributed by atoms with van der Waals surface area (Å²) < 4.78 is 0. The second-order valence-electron chi connectivity index (χ2n) is 5.99. The predicted molar refractivity (Wildman–Crippen MR) is 89.3 cm³/mol. The van der Waals surface area contributed by atoms with E-state index in [-0.39, 0.29) is 23.9 Å². The molecule has 3 atom stereocenters. The molecule has 0 aliphatic rings. The Hall–Kier alpha value is -1.06. The molecule has 1 rings (SSSR count). The van der Waals surface area contributed by atoms with Crippen molar-refractivity contribution < 1.29 is 4.79 Å². The fourth-order valence-corrected chi connectivity index (χ4v) is 2.50. The Kier molecular flexibility index (Phi) is 7.20. The second-order valence-corrected chi connectivity index (χ2v) is 6.42. The van der Waals surface area contributed by atoms with Crippen LogP contribution in [0.4, 0.5) is 0 Å². The highest BCUT2D eigenvalue weighted by atomic mass is 35.5. The van der Waals surface area contributed by atoms with E-state index in [9.17, 15) is 4.79 Å². The molecule has 0 aliphatic heterocycles. The normalized spacial score (nSPS) is 15.3. The smallest absolute Gasteiger partial charge is 0.225 e. The summed E-state index contributed by atoms with van der Waals surface area (Å²) in [5.41, 5.74) is 6.84. The number of halogens is 1. The Bertz CT molecular complexity index is 445. The van der Waals surface area contributed by atoms with Gasteiger partial charge in [-0.15, -0.1) is 0 Å². The maximum Gasteiger partial charge on any atom is 0.225 e. The van der Waals surface area contributed by atoms with Gasteiger partial charge in [-0.25, -0.2) is 0 Å². The third-order valence-electron chi connectivity index (χ3n) is 4.00. The van der Waals surface area contributed by atoms with Crippen LogP contribution in [0.3, 0.4) is 0 Å². The van der Waals surface area contributed by atoms with Crippen molar-refractivity contribution in [2.75, 3.05) is 7.05 Å². The van der Waals surface area contributed by atoms with Gasteiger partial charge in [0.25, 0.3) is 0 Å². The first-order valence-electron chi connectivity index (χ1n) is 7.60. The van der Waals surface area contributed by atoms with Gasteiger partial charge in [-0.05, 0) is 44.4 Å².